The SMILES string of the molecule is CC(=O)c1cccc(NC(=O)CCn2nc(C)c(S(=O)(=O)N(C)C)c2C)c1. The van der Waals surface area contributed by atoms with Crippen molar-refractivity contribution in [3.05, 3.63) is 41.2 Å². The molecule has 0 spiro atoms. The van der Waals surface area contributed by atoms with Crippen LogP contribution in [0.2, 0.25) is 0 Å². The van der Waals surface area contributed by atoms with Crippen LogP contribution in [0, 0.1) is 13.8 Å². The van der Waals surface area contributed by atoms with Crippen LogP contribution in [-0.4, -0.2) is 48.3 Å². The van der Waals surface area contributed by atoms with Crippen molar-refractivity contribution in [1.29, 1.82) is 0 Å². The van der Waals surface area contributed by atoms with Gasteiger partial charge in [0.15, 0.2) is 5.78 Å². The summed E-state index contributed by atoms with van der Waals surface area (Å²) in [5.41, 5.74) is 1.95. The van der Waals surface area contributed by atoms with Crippen LogP contribution in [0.3, 0.4) is 0 Å². The number of ketones is 1. The summed E-state index contributed by atoms with van der Waals surface area (Å²) in [5.74, 6) is -0.330. The fourth-order valence-electron chi connectivity index (χ4n) is 2.70. The normalized spacial score (nSPS) is 11.6. The number of amides is 1. The van der Waals surface area contributed by atoms with Crippen LogP contribution in [0.1, 0.15) is 35.1 Å². The van der Waals surface area contributed by atoms with Crippen molar-refractivity contribution in [3.63, 3.8) is 0 Å². The third kappa shape index (κ3) is 4.61. The van der Waals surface area contributed by atoms with Crippen LogP contribution in [0.5, 0.6) is 0 Å². The minimum Gasteiger partial charge on any atom is -0.326 e. The van der Waals surface area contributed by atoms with Gasteiger partial charge in [0.2, 0.25) is 15.9 Å². The summed E-state index contributed by atoms with van der Waals surface area (Å²) in [6, 6.07) is 6.70. The number of hydrogen-bond acceptors (Lipinski definition) is 5. The maximum atomic E-state index is 12.4. The molecule has 1 amide bonds. The lowest BCUT2D eigenvalue weighted by molar-refractivity contribution is -0.116. The first-order valence-corrected chi connectivity index (χ1v) is 9.85. The molecule has 0 aliphatic heterocycles. The van der Waals surface area contributed by atoms with Crippen LogP contribution in [0.4, 0.5) is 5.69 Å². The number of aryl methyl sites for hydroxylation is 2. The van der Waals surface area contributed by atoms with Crippen molar-refractivity contribution in [2.45, 2.75) is 38.6 Å². The van der Waals surface area contributed by atoms with Gasteiger partial charge in [0.25, 0.3) is 0 Å². The molecule has 9 heteroatoms. The molecule has 0 atom stereocenters. The first kappa shape index (κ1) is 20.8. The van der Waals surface area contributed by atoms with Crippen molar-refractivity contribution in [2.24, 2.45) is 0 Å². The smallest absolute Gasteiger partial charge is 0.246 e. The van der Waals surface area contributed by atoms with Gasteiger partial charge in [0, 0.05) is 31.8 Å². The predicted octanol–water partition coefficient (Wildman–Crippen LogP) is 1.98. The molecule has 0 radical (unpaired) electrons. The monoisotopic (exact) mass is 392 g/mol. The van der Waals surface area contributed by atoms with E-state index in [0.29, 0.717) is 22.6 Å². The fourth-order valence-corrected chi connectivity index (χ4v) is 3.96. The number of nitrogens with zero attached hydrogens (tertiary/aromatic N) is 3. The third-order valence-corrected chi connectivity index (χ3v) is 6.23. The molecule has 0 saturated heterocycles. The largest absolute Gasteiger partial charge is 0.326 e. The van der Waals surface area contributed by atoms with Crippen LogP contribution in [0.25, 0.3) is 0 Å². The summed E-state index contributed by atoms with van der Waals surface area (Å²) < 4.78 is 27.5. The Morgan fingerprint density at radius 2 is 1.89 bits per heavy atom. The highest BCUT2D eigenvalue weighted by atomic mass is 32.2. The maximum Gasteiger partial charge on any atom is 0.246 e. The highest BCUT2D eigenvalue weighted by Crippen LogP contribution is 2.22. The summed E-state index contributed by atoms with van der Waals surface area (Å²) in [4.78, 5) is 23.8. The first-order chi connectivity index (χ1) is 12.5. The van der Waals surface area contributed by atoms with Gasteiger partial charge in [-0.1, -0.05) is 12.1 Å². The minimum absolute atomic E-state index is 0.0802. The van der Waals surface area contributed by atoms with E-state index in [1.54, 1.807) is 38.1 Å². The van der Waals surface area contributed by atoms with E-state index in [0.717, 1.165) is 4.31 Å². The Morgan fingerprint density at radius 1 is 1.22 bits per heavy atom. The quantitative estimate of drug-likeness (QED) is 0.726. The molecular weight excluding hydrogens is 368 g/mol. The van der Waals surface area contributed by atoms with E-state index in [4.69, 9.17) is 0 Å². The van der Waals surface area contributed by atoms with E-state index >= 15 is 0 Å². The van der Waals surface area contributed by atoms with Crippen molar-refractivity contribution < 1.29 is 18.0 Å². The second-order valence-electron chi connectivity index (χ2n) is 6.45. The molecule has 27 heavy (non-hydrogen) atoms. The molecule has 2 aromatic rings. The Balaban J connectivity index is 2.10. The van der Waals surface area contributed by atoms with Gasteiger partial charge in [-0.05, 0) is 32.9 Å². The summed E-state index contributed by atoms with van der Waals surface area (Å²) in [7, 11) is -0.667. The van der Waals surface area contributed by atoms with Crippen LogP contribution < -0.4 is 5.32 Å². The molecule has 8 nitrogen and oxygen atoms in total. The lowest BCUT2D eigenvalue weighted by atomic mass is 10.1. The first-order valence-electron chi connectivity index (χ1n) is 8.41. The maximum absolute atomic E-state index is 12.4. The number of nitrogens with one attached hydrogen (secondary N) is 1. The number of carbonyl (C=O) groups excluding carboxylic acids is 2. The molecule has 0 aliphatic carbocycles. The van der Waals surface area contributed by atoms with Gasteiger partial charge in [-0.25, -0.2) is 12.7 Å². The third-order valence-electron chi connectivity index (χ3n) is 4.16. The van der Waals surface area contributed by atoms with Crippen molar-refractivity contribution in [2.75, 3.05) is 19.4 Å². The van der Waals surface area contributed by atoms with E-state index in [-0.39, 0.29) is 29.6 Å². The van der Waals surface area contributed by atoms with E-state index < -0.39 is 10.0 Å². The van der Waals surface area contributed by atoms with Gasteiger partial charge in [-0.2, -0.15) is 5.10 Å². The van der Waals surface area contributed by atoms with Gasteiger partial charge in [0.1, 0.15) is 4.90 Å². The van der Waals surface area contributed by atoms with Crippen molar-refractivity contribution in [3.8, 4) is 0 Å². The molecule has 0 unspecified atom stereocenters. The zero-order chi connectivity index (χ0) is 20.4. The Hall–Kier alpha value is -2.52. The number of benzene rings is 1. The van der Waals surface area contributed by atoms with Gasteiger partial charge < -0.3 is 5.32 Å². The number of anilines is 1. The summed E-state index contributed by atoms with van der Waals surface area (Å²) >= 11 is 0. The summed E-state index contributed by atoms with van der Waals surface area (Å²) in [6.45, 7) is 5.01. The fraction of sp³-hybridized carbons (Fsp3) is 0.389. The average Bonchev–Trinajstić information content (AvgIpc) is 2.87. The van der Waals surface area contributed by atoms with Crippen molar-refractivity contribution >= 4 is 27.4 Å². The van der Waals surface area contributed by atoms with E-state index in [9.17, 15) is 18.0 Å². The molecule has 1 N–H and O–H groups in total. The molecule has 0 aliphatic rings. The van der Waals surface area contributed by atoms with Gasteiger partial charge >= 0.3 is 0 Å². The molecule has 0 fully saturated rings. The molecule has 1 heterocycles. The lowest BCUT2D eigenvalue weighted by Crippen LogP contribution is -2.23. The van der Waals surface area contributed by atoms with E-state index in [1.165, 1.54) is 25.7 Å². The lowest BCUT2D eigenvalue weighted by Gasteiger charge is -2.12. The molecule has 1 aromatic carbocycles. The Kier molecular flexibility index (Phi) is 6.17. The Bertz CT molecular complexity index is 977. The highest BCUT2D eigenvalue weighted by Gasteiger charge is 2.26. The second-order valence-corrected chi connectivity index (χ2v) is 8.53. The number of aromatic nitrogens is 2. The predicted molar refractivity (Wildman–Crippen MR) is 102 cm³/mol. The minimum atomic E-state index is -3.60. The van der Waals surface area contributed by atoms with Gasteiger partial charge in [0.05, 0.1) is 17.9 Å². The highest BCUT2D eigenvalue weighted by molar-refractivity contribution is 7.89. The van der Waals surface area contributed by atoms with E-state index in [2.05, 4.69) is 10.4 Å². The van der Waals surface area contributed by atoms with Crippen molar-refractivity contribution in [1.82, 2.24) is 14.1 Å². The standard InChI is InChI=1S/C18H24N4O4S/c1-12-18(27(25,26)21(4)5)13(2)22(20-12)10-9-17(24)19-16-8-6-7-15(11-16)14(3)23/h6-8,11H,9-10H2,1-5H3,(H,19,24). The molecular formula is C18H24N4O4S. The number of sulfonamides is 1. The molecule has 146 valence electrons. The number of hydrogen-bond donors (Lipinski definition) is 1. The van der Waals surface area contributed by atoms with Gasteiger partial charge in [-0.3, -0.25) is 14.3 Å². The molecule has 0 saturated carbocycles. The van der Waals surface area contributed by atoms with Gasteiger partial charge in [-0.15, -0.1) is 0 Å². The average molecular weight is 392 g/mol. The number of Topliss-reactive ketones (excluding diaryl/α,β-unsaturated/α-hetero) is 1. The second kappa shape index (κ2) is 8.01. The van der Waals surface area contributed by atoms with Crippen LogP contribution in [-0.2, 0) is 21.4 Å². The van der Waals surface area contributed by atoms with Crippen LogP contribution >= 0.6 is 0 Å². The molecule has 2 rings (SSSR count). The Morgan fingerprint density at radius 3 is 2.48 bits per heavy atom. The zero-order valence-corrected chi connectivity index (χ0v) is 16.9. The molecule has 0 bridgehead atoms. The number of rotatable bonds is 7. The summed E-state index contributed by atoms with van der Waals surface area (Å²) in [5, 5.41) is 7.00. The molecule has 1 aromatic heterocycles. The van der Waals surface area contributed by atoms with Crippen LogP contribution in [0.15, 0.2) is 29.2 Å². The topological polar surface area (TPSA) is 101 Å². The number of carbonyl (C=O) groups is 2. The van der Waals surface area contributed by atoms with E-state index in [1.807, 2.05) is 0 Å². The summed E-state index contributed by atoms with van der Waals surface area (Å²) in [6.07, 6.45) is 0.119. The zero-order valence-electron chi connectivity index (χ0n) is 16.1. The Labute approximate surface area is 159 Å².